The van der Waals surface area contributed by atoms with Gasteiger partial charge in [0.15, 0.2) is 0 Å². The molecule has 0 saturated heterocycles. The predicted molar refractivity (Wildman–Crippen MR) is 72.4 cm³/mol. The van der Waals surface area contributed by atoms with Gasteiger partial charge >= 0.3 is 0 Å². The van der Waals surface area contributed by atoms with Crippen LogP contribution in [0.4, 0.5) is 0 Å². The molecule has 7 heteroatoms. The fourth-order valence-corrected chi connectivity index (χ4v) is 3.33. The number of aromatic amines is 1. The molecule has 2 rings (SSSR count). The number of H-pyrrole nitrogens is 1. The van der Waals surface area contributed by atoms with Gasteiger partial charge in [0.25, 0.3) is 5.56 Å². The number of nitrogens with one attached hydrogen (secondary N) is 1. The van der Waals surface area contributed by atoms with Gasteiger partial charge in [-0.2, -0.15) is 4.31 Å². The highest BCUT2D eigenvalue weighted by molar-refractivity contribution is 7.89. The van der Waals surface area contributed by atoms with E-state index >= 15 is 0 Å². The summed E-state index contributed by atoms with van der Waals surface area (Å²) in [6, 6.07) is 1.14. The maximum absolute atomic E-state index is 12.4. The zero-order valence-corrected chi connectivity index (χ0v) is 11.7. The highest BCUT2D eigenvalue weighted by Gasteiger charge is 2.31. The minimum absolute atomic E-state index is 0.00950. The predicted octanol–water partition coefficient (Wildman–Crippen LogP) is 1.06. The van der Waals surface area contributed by atoms with E-state index in [0.29, 0.717) is 12.5 Å². The van der Waals surface area contributed by atoms with E-state index in [2.05, 4.69) is 10.9 Å². The molecule has 1 heterocycles. The maximum Gasteiger partial charge on any atom is 0.266 e. The van der Waals surface area contributed by atoms with Crippen LogP contribution < -0.4 is 5.56 Å². The summed E-state index contributed by atoms with van der Waals surface area (Å²) in [4.78, 5) is 13.4. The van der Waals surface area contributed by atoms with Crippen molar-refractivity contribution < 1.29 is 8.42 Å². The molecule has 0 aromatic carbocycles. The van der Waals surface area contributed by atoms with Crippen LogP contribution in [0.15, 0.2) is 22.0 Å². The van der Waals surface area contributed by atoms with Crippen LogP contribution in [0.1, 0.15) is 12.8 Å². The largest absolute Gasteiger partial charge is 0.326 e. The fraction of sp³-hybridized carbons (Fsp3) is 0.417. The molecule has 102 valence electrons. The minimum atomic E-state index is -3.72. The molecule has 1 saturated carbocycles. The van der Waals surface area contributed by atoms with E-state index in [-0.39, 0.29) is 16.5 Å². The SMILES string of the molecule is C#CCN(CC1CC1)S(=O)(=O)c1c[nH]c(=O)c(Cl)c1. The van der Waals surface area contributed by atoms with Gasteiger partial charge in [-0.25, -0.2) is 8.42 Å². The molecule has 0 radical (unpaired) electrons. The van der Waals surface area contributed by atoms with Gasteiger partial charge in [0.1, 0.15) is 5.02 Å². The molecule has 0 aliphatic heterocycles. The lowest BCUT2D eigenvalue weighted by Gasteiger charge is -2.19. The van der Waals surface area contributed by atoms with Crippen LogP contribution in [-0.4, -0.2) is 30.8 Å². The van der Waals surface area contributed by atoms with Crippen molar-refractivity contribution in [2.75, 3.05) is 13.1 Å². The number of nitrogens with zero attached hydrogens (tertiary/aromatic N) is 1. The molecule has 1 aliphatic carbocycles. The van der Waals surface area contributed by atoms with Crippen molar-refractivity contribution in [3.8, 4) is 12.3 Å². The maximum atomic E-state index is 12.4. The summed E-state index contributed by atoms with van der Waals surface area (Å²) in [5.41, 5.74) is -0.522. The number of aromatic nitrogens is 1. The van der Waals surface area contributed by atoms with E-state index in [9.17, 15) is 13.2 Å². The van der Waals surface area contributed by atoms with Crippen molar-refractivity contribution in [2.24, 2.45) is 5.92 Å². The summed E-state index contributed by atoms with van der Waals surface area (Å²) >= 11 is 5.65. The van der Waals surface area contributed by atoms with Crippen molar-refractivity contribution in [1.82, 2.24) is 9.29 Å². The van der Waals surface area contributed by atoms with Crippen molar-refractivity contribution in [3.63, 3.8) is 0 Å². The first kappa shape index (κ1) is 14.1. The third-order valence-electron chi connectivity index (χ3n) is 2.90. The average molecular weight is 301 g/mol. The van der Waals surface area contributed by atoms with Crippen LogP contribution in [0.2, 0.25) is 5.02 Å². The van der Waals surface area contributed by atoms with Gasteiger partial charge in [-0.05, 0) is 24.8 Å². The van der Waals surface area contributed by atoms with Gasteiger partial charge in [-0.3, -0.25) is 4.79 Å². The molecule has 0 atom stereocenters. The van der Waals surface area contributed by atoms with Gasteiger partial charge in [0, 0.05) is 12.7 Å². The standard InChI is InChI=1S/C12H13ClN2O3S/c1-2-5-15(8-9-3-4-9)19(17,18)10-6-11(13)12(16)14-7-10/h1,6-7,9H,3-5,8H2,(H,14,16). The fourth-order valence-electron chi connectivity index (χ4n) is 1.67. The van der Waals surface area contributed by atoms with E-state index in [1.807, 2.05) is 0 Å². The summed E-state index contributed by atoms with van der Waals surface area (Å²) < 4.78 is 26.0. The Morgan fingerprint density at radius 3 is 2.74 bits per heavy atom. The Bertz CT molecular complexity index is 671. The molecule has 1 fully saturated rings. The zero-order chi connectivity index (χ0) is 14.0. The quantitative estimate of drug-likeness (QED) is 0.827. The molecular formula is C12H13ClN2O3S. The molecule has 19 heavy (non-hydrogen) atoms. The first-order valence-corrected chi connectivity index (χ1v) is 7.59. The van der Waals surface area contributed by atoms with Gasteiger partial charge in [0.2, 0.25) is 10.0 Å². The Morgan fingerprint density at radius 2 is 2.21 bits per heavy atom. The van der Waals surface area contributed by atoms with E-state index in [1.54, 1.807) is 0 Å². The first-order valence-electron chi connectivity index (χ1n) is 5.77. The highest BCUT2D eigenvalue weighted by atomic mass is 35.5. The van der Waals surface area contributed by atoms with E-state index in [4.69, 9.17) is 18.0 Å². The third kappa shape index (κ3) is 3.18. The van der Waals surface area contributed by atoms with Gasteiger partial charge in [-0.15, -0.1) is 6.42 Å². The number of hydrogen-bond donors (Lipinski definition) is 1. The van der Waals surface area contributed by atoms with Crippen LogP contribution in [0.3, 0.4) is 0 Å². The molecule has 0 amide bonds. The molecule has 0 spiro atoms. The molecule has 0 bridgehead atoms. The summed E-state index contributed by atoms with van der Waals surface area (Å²) in [6.45, 7) is 0.416. The van der Waals surface area contributed by atoms with Crippen LogP contribution in [0.5, 0.6) is 0 Å². The summed E-state index contributed by atoms with van der Waals surface area (Å²) in [7, 11) is -3.72. The van der Waals surface area contributed by atoms with Crippen molar-refractivity contribution >= 4 is 21.6 Å². The Balaban J connectivity index is 2.34. The number of terminal acetylenes is 1. The zero-order valence-electron chi connectivity index (χ0n) is 10.1. The summed E-state index contributed by atoms with van der Waals surface area (Å²) in [5.74, 6) is 2.72. The Kier molecular flexibility index (Phi) is 3.99. The van der Waals surface area contributed by atoms with Crippen molar-refractivity contribution in [3.05, 3.63) is 27.6 Å². The summed E-state index contributed by atoms with van der Waals surface area (Å²) in [5, 5.41) is -0.159. The van der Waals surface area contributed by atoms with Gasteiger partial charge in [0.05, 0.1) is 11.4 Å². The van der Waals surface area contributed by atoms with E-state index in [1.165, 1.54) is 4.31 Å². The van der Waals surface area contributed by atoms with Crippen molar-refractivity contribution in [2.45, 2.75) is 17.7 Å². The minimum Gasteiger partial charge on any atom is -0.326 e. The monoisotopic (exact) mass is 300 g/mol. The molecule has 1 N–H and O–H groups in total. The highest BCUT2D eigenvalue weighted by Crippen LogP contribution is 2.31. The molecule has 0 unspecified atom stereocenters. The first-order chi connectivity index (χ1) is 8.95. The number of hydrogen-bond acceptors (Lipinski definition) is 3. The molecular weight excluding hydrogens is 288 g/mol. The topological polar surface area (TPSA) is 70.2 Å². The smallest absolute Gasteiger partial charge is 0.266 e. The Hall–Kier alpha value is -1.29. The number of pyridine rings is 1. The van der Waals surface area contributed by atoms with Crippen LogP contribution >= 0.6 is 11.6 Å². The van der Waals surface area contributed by atoms with Crippen LogP contribution in [-0.2, 0) is 10.0 Å². The second kappa shape index (κ2) is 5.37. The lowest BCUT2D eigenvalue weighted by Crippen LogP contribution is -2.33. The molecule has 1 aromatic heterocycles. The summed E-state index contributed by atoms with van der Waals surface area (Å²) in [6.07, 6.45) is 8.39. The van der Waals surface area contributed by atoms with Crippen LogP contribution in [0.25, 0.3) is 0 Å². The second-order valence-corrected chi connectivity index (χ2v) is 6.80. The molecule has 1 aromatic rings. The van der Waals surface area contributed by atoms with Crippen LogP contribution in [0, 0.1) is 18.3 Å². The molecule has 1 aliphatic rings. The van der Waals surface area contributed by atoms with E-state index in [0.717, 1.165) is 25.1 Å². The normalized spacial score (nSPS) is 15.4. The number of sulfonamides is 1. The third-order valence-corrected chi connectivity index (χ3v) is 4.97. The van der Waals surface area contributed by atoms with Crippen molar-refractivity contribution in [1.29, 1.82) is 0 Å². The van der Waals surface area contributed by atoms with Gasteiger partial charge in [-0.1, -0.05) is 17.5 Å². The lowest BCUT2D eigenvalue weighted by atomic mass is 10.4. The Morgan fingerprint density at radius 1 is 1.53 bits per heavy atom. The van der Waals surface area contributed by atoms with Gasteiger partial charge < -0.3 is 4.98 Å². The Labute approximate surface area is 116 Å². The average Bonchev–Trinajstić information content (AvgIpc) is 3.16. The second-order valence-electron chi connectivity index (χ2n) is 4.46. The number of rotatable bonds is 5. The lowest BCUT2D eigenvalue weighted by molar-refractivity contribution is 0.430. The van der Waals surface area contributed by atoms with E-state index < -0.39 is 15.6 Å². The number of halogens is 1. The molecule has 5 nitrogen and oxygen atoms in total.